The number of aliphatic carboxylic acids is 1. The molecule has 0 bridgehead atoms. The molecule has 0 amide bonds. The van der Waals surface area contributed by atoms with Gasteiger partial charge in [-0.05, 0) is 18.6 Å². The zero-order chi connectivity index (χ0) is 13.0. The minimum absolute atomic E-state index is 0.105. The van der Waals surface area contributed by atoms with E-state index in [0.29, 0.717) is 0 Å². The lowest BCUT2D eigenvalue weighted by molar-refractivity contribution is -0.137. The first-order valence-electron chi connectivity index (χ1n) is 6.17. The number of carboxylic acid groups (broad SMARTS) is 1. The van der Waals surface area contributed by atoms with Crippen molar-refractivity contribution in [1.29, 1.82) is 0 Å². The molecule has 2 rings (SSSR count). The fourth-order valence-electron chi connectivity index (χ4n) is 2.50. The van der Waals surface area contributed by atoms with Crippen LogP contribution in [-0.4, -0.2) is 24.2 Å². The van der Waals surface area contributed by atoms with Crippen LogP contribution in [0.15, 0.2) is 24.3 Å². The molecule has 1 aliphatic rings. The van der Waals surface area contributed by atoms with Crippen molar-refractivity contribution >= 4 is 11.7 Å². The summed E-state index contributed by atoms with van der Waals surface area (Å²) in [4.78, 5) is 13.1. The molecule has 1 atom stereocenters. The molecular weight excluding hydrogens is 226 g/mol. The molecule has 3 heteroatoms. The highest BCUT2D eigenvalue weighted by Gasteiger charge is 2.29. The van der Waals surface area contributed by atoms with Crippen molar-refractivity contribution < 1.29 is 9.90 Å². The standard InChI is InChI=1S/C15H17NO2/c1-2-3-6-9-16-11-12(10-15(17)18)13-7-4-5-8-14(13)16/h4-5,7-8,12H,6,9-11H2,1H3,(H,17,18). The average Bonchev–Trinajstić information content (AvgIpc) is 2.68. The molecule has 1 unspecified atom stereocenters. The number of benzene rings is 1. The molecule has 0 saturated heterocycles. The van der Waals surface area contributed by atoms with Crippen LogP contribution in [0.5, 0.6) is 0 Å². The summed E-state index contributed by atoms with van der Waals surface area (Å²) in [6, 6.07) is 8.08. The molecule has 0 radical (unpaired) electrons. The van der Waals surface area contributed by atoms with Crippen LogP contribution in [0.1, 0.15) is 31.2 Å². The van der Waals surface area contributed by atoms with Crippen molar-refractivity contribution in [2.45, 2.75) is 25.7 Å². The number of rotatable bonds is 4. The Morgan fingerprint density at radius 2 is 2.28 bits per heavy atom. The Labute approximate surface area is 107 Å². The van der Waals surface area contributed by atoms with Crippen molar-refractivity contribution in [3.63, 3.8) is 0 Å². The number of anilines is 1. The zero-order valence-corrected chi connectivity index (χ0v) is 10.5. The Kier molecular flexibility index (Phi) is 3.88. The van der Waals surface area contributed by atoms with Gasteiger partial charge in [0, 0.05) is 31.1 Å². The SMILES string of the molecule is CC#CCCN1CC(CC(=O)O)c2ccccc21. The fourth-order valence-corrected chi connectivity index (χ4v) is 2.50. The molecule has 0 aliphatic carbocycles. The van der Waals surface area contributed by atoms with Crippen LogP contribution in [0, 0.1) is 11.8 Å². The van der Waals surface area contributed by atoms with Crippen LogP contribution < -0.4 is 4.90 Å². The van der Waals surface area contributed by atoms with Gasteiger partial charge in [-0.15, -0.1) is 11.8 Å². The molecule has 0 saturated carbocycles. The summed E-state index contributed by atoms with van der Waals surface area (Å²) >= 11 is 0. The summed E-state index contributed by atoms with van der Waals surface area (Å²) in [6.45, 7) is 3.50. The lowest BCUT2D eigenvalue weighted by Gasteiger charge is -2.18. The van der Waals surface area contributed by atoms with Crippen molar-refractivity contribution in [2.24, 2.45) is 0 Å². The van der Waals surface area contributed by atoms with Gasteiger partial charge in [-0.25, -0.2) is 0 Å². The number of fused-ring (bicyclic) bond motifs is 1. The third-order valence-electron chi connectivity index (χ3n) is 3.26. The van der Waals surface area contributed by atoms with Crippen LogP contribution in [-0.2, 0) is 4.79 Å². The average molecular weight is 243 g/mol. The van der Waals surface area contributed by atoms with E-state index in [4.69, 9.17) is 5.11 Å². The van der Waals surface area contributed by atoms with E-state index >= 15 is 0 Å². The second-order valence-corrected chi connectivity index (χ2v) is 4.48. The highest BCUT2D eigenvalue weighted by molar-refractivity contribution is 5.71. The van der Waals surface area contributed by atoms with Crippen molar-refractivity contribution in [2.75, 3.05) is 18.0 Å². The third-order valence-corrected chi connectivity index (χ3v) is 3.26. The maximum atomic E-state index is 10.9. The van der Waals surface area contributed by atoms with Crippen molar-refractivity contribution in [1.82, 2.24) is 0 Å². The topological polar surface area (TPSA) is 40.5 Å². The van der Waals surface area contributed by atoms with E-state index in [0.717, 1.165) is 25.1 Å². The van der Waals surface area contributed by atoms with E-state index in [1.165, 1.54) is 5.69 Å². The van der Waals surface area contributed by atoms with E-state index in [1.54, 1.807) is 0 Å². The molecule has 94 valence electrons. The first kappa shape index (κ1) is 12.5. The number of nitrogens with zero attached hydrogens (tertiary/aromatic N) is 1. The van der Waals surface area contributed by atoms with Crippen LogP contribution in [0.3, 0.4) is 0 Å². The molecule has 0 aromatic heterocycles. The summed E-state index contributed by atoms with van der Waals surface area (Å²) in [5.41, 5.74) is 2.33. The lowest BCUT2D eigenvalue weighted by atomic mass is 9.98. The van der Waals surface area contributed by atoms with Gasteiger partial charge in [-0.1, -0.05) is 18.2 Å². The van der Waals surface area contributed by atoms with Gasteiger partial charge in [0.25, 0.3) is 0 Å². The molecular formula is C15H17NO2. The summed E-state index contributed by atoms with van der Waals surface area (Å²) in [5.74, 6) is 5.32. The fraction of sp³-hybridized carbons (Fsp3) is 0.400. The number of para-hydroxylation sites is 1. The second-order valence-electron chi connectivity index (χ2n) is 4.48. The maximum Gasteiger partial charge on any atom is 0.304 e. The maximum absolute atomic E-state index is 10.9. The largest absolute Gasteiger partial charge is 0.481 e. The third kappa shape index (κ3) is 2.65. The first-order chi connectivity index (χ1) is 8.72. The van der Waals surface area contributed by atoms with Gasteiger partial charge in [0.1, 0.15) is 0 Å². The Morgan fingerprint density at radius 3 is 3.00 bits per heavy atom. The first-order valence-corrected chi connectivity index (χ1v) is 6.17. The Hall–Kier alpha value is -1.95. The Morgan fingerprint density at radius 1 is 1.50 bits per heavy atom. The summed E-state index contributed by atoms with van der Waals surface area (Å²) < 4.78 is 0. The van der Waals surface area contributed by atoms with E-state index in [-0.39, 0.29) is 12.3 Å². The highest BCUT2D eigenvalue weighted by atomic mass is 16.4. The van der Waals surface area contributed by atoms with Gasteiger partial charge < -0.3 is 10.0 Å². The number of hydrogen-bond donors (Lipinski definition) is 1. The summed E-state index contributed by atoms with van der Waals surface area (Å²) in [7, 11) is 0. The van der Waals surface area contributed by atoms with Crippen molar-refractivity contribution in [3.8, 4) is 11.8 Å². The quantitative estimate of drug-likeness (QED) is 0.826. The predicted molar refractivity (Wildman–Crippen MR) is 71.7 cm³/mol. The van der Waals surface area contributed by atoms with E-state index < -0.39 is 5.97 Å². The lowest BCUT2D eigenvalue weighted by Crippen LogP contribution is -2.23. The minimum atomic E-state index is -0.731. The van der Waals surface area contributed by atoms with Crippen LogP contribution in [0.2, 0.25) is 0 Å². The molecule has 1 N–H and O–H groups in total. The van der Waals surface area contributed by atoms with E-state index in [1.807, 2.05) is 25.1 Å². The van der Waals surface area contributed by atoms with E-state index in [9.17, 15) is 4.79 Å². The molecule has 1 heterocycles. The Bertz CT molecular complexity index is 499. The highest BCUT2D eigenvalue weighted by Crippen LogP contribution is 2.37. The number of hydrogen-bond acceptors (Lipinski definition) is 2. The van der Waals surface area contributed by atoms with Gasteiger partial charge in [0.15, 0.2) is 0 Å². The molecule has 1 aromatic rings. The summed E-state index contributed by atoms with van der Waals surface area (Å²) in [5, 5.41) is 8.96. The van der Waals surface area contributed by atoms with Gasteiger partial charge in [0.05, 0.1) is 6.42 Å². The van der Waals surface area contributed by atoms with Gasteiger partial charge in [-0.3, -0.25) is 4.79 Å². The molecule has 18 heavy (non-hydrogen) atoms. The smallest absolute Gasteiger partial charge is 0.304 e. The van der Waals surface area contributed by atoms with Crippen LogP contribution in [0.25, 0.3) is 0 Å². The monoisotopic (exact) mass is 243 g/mol. The zero-order valence-electron chi connectivity index (χ0n) is 10.5. The minimum Gasteiger partial charge on any atom is -0.481 e. The molecule has 0 spiro atoms. The second kappa shape index (κ2) is 5.59. The van der Waals surface area contributed by atoms with Gasteiger partial charge in [0.2, 0.25) is 0 Å². The number of carboxylic acids is 1. The normalized spacial score (nSPS) is 16.9. The van der Waals surface area contributed by atoms with Crippen LogP contribution >= 0.6 is 0 Å². The predicted octanol–water partition coefficient (Wildman–Crippen LogP) is 2.48. The van der Waals surface area contributed by atoms with Crippen LogP contribution in [0.4, 0.5) is 5.69 Å². The number of carbonyl (C=O) groups is 1. The summed E-state index contributed by atoms with van der Waals surface area (Å²) in [6.07, 6.45) is 1.03. The molecule has 1 aromatic carbocycles. The van der Waals surface area contributed by atoms with Crippen molar-refractivity contribution in [3.05, 3.63) is 29.8 Å². The molecule has 0 fully saturated rings. The molecule has 1 aliphatic heterocycles. The van der Waals surface area contributed by atoms with E-state index in [2.05, 4.69) is 22.8 Å². The Balaban J connectivity index is 2.15. The van der Waals surface area contributed by atoms with Gasteiger partial charge in [-0.2, -0.15) is 0 Å². The van der Waals surface area contributed by atoms with Gasteiger partial charge >= 0.3 is 5.97 Å². The molecule has 3 nitrogen and oxygen atoms in total.